The summed E-state index contributed by atoms with van der Waals surface area (Å²) < 4.78 is 12.4. The van der Waals surface area contributed by atoms with Gasteiger partial charge in [-0.2, -0.15) is 0 Å². The molecule has 2 aromatic carbocycles. The minimum absolute atomic E-state index is 0. The van der Waals surface area contributed by atoms with Gasteiger partial charge < -0.3 is 9.47 Å². The largest absolute Gasteiger partial charge is 2.00 e. The van der Waals surface area contributed by atoms with Crippen LogP contribution in [0.4, 0.5) is 0 Å². The van der Waals surface area contributed by atoms with Crippen molar-refractivity contribution in [1.82, 2.24) is 0 Å². The molecule has 0 spiro atoms. The van der Waals surface area contributed by atoms with Crippen LogP contribution < -0.4 is 0 Å². The SMILES string of the molecule is [Ni+2].c1ccc(CC2COC(C3(C4=NC(Cc5ccccc5)CO4)CCCC3)=N2)cc1. The monoisotopic (exact) mass is 446 g/mol. The smallest absolute Gasteiger partial charge is 0.478 e. The van der Waals surface area contributed by atoms with E-state index >= 15 is 0 Å². The first-order valence-electron chi connectivity index (χ1n) is 10.8. The molecule has 0 bridgehead atoms. The van der Waals surface area contributed by atoms with Gasteiger partial charge in [-0.15, -0.1) is 0 Å². The Morgan fingerprint density at radius 2 is 1.13 bits per heavy atom. The third-order valence-corrected chi connectivity index (χ3v) is 6.33. The zero-order valence-electron chi connectivity index (χ0n) is 17.1. The van der Waals surface area contributed by atoms with Crippen molar-refractivity contribution in [3.63, 3.8) is 0 Å². The van der Waals surface area contributed by atoms with Gasteiger partial charge in [0, 0.05) is 0 Å². The Balaban J connectivity index is 0.00000218. The van der Waals surface area contributed by atoms with Crippen molar-refractivity contribution in [1.29, 1.82) is 0 Å². The van der Waals surface area contributed by atoms with Crippen molar-refractivity contribution in [3.05, 3.63) is 71.8 Å². The molecular formula is C25H28N2NiO2+2. The van der Waals surface area contributed by atoms with Crippen molar-refractivity contribution in [2.24, 2.45) is 15.4 Å². The molecule has 1 saturated carbocycles. The van der Waals surface area contributed by atoms with E-state index in [0.717, 1.165) is 37.5 Å². The van der Waals surface area contributed by atoms with Gasteiger partial charge in [0.1, 0.15) is 18.6 Å². The van der Waals surface area contributed by atoms with E-state index in [9.17, 15) is 0 Å². The second-order valence-corrected chi connectivity index (χ2v) is 8.47. The number of hydrogen-bond acceptors (Lipinski definition) is 4. The van der Waals surface area contributed by atoms with Crippen LogP contribution in [0.25, 0.3) is 0 Å². The second kappa shape index (κ2) is 9.35. The molecule has 1 fully saturated rings. The molecule has 30 heavy (non-hydrogen) atoms. The molecule has 4 nitrogen and oxygen atoms in total. The van der Waals surface area contributed by atoms with Crippen molar-refractivity contribution in [2.75, 3.05) is 13.2 Å². The zero-order chi connectivity index (χ0) is 19.5. The predicted octanol–water partition coefficient (Wildman–Crippen LogP) is 4.62. The van der Waals surface area contributed by atoms with Gasteiger partial charge >= 0.3 is 16.5 Å². The normalized spacial score (nSPS) is 24.4. The maximum Gasteiger partial charge on any atom is 2.00 e. The maximum absolute atomic E-state index is 6.18. The van der Waals surface area contributed by atoms with Crippen LogP contribution in [-0.2, 0) is 38.8 Å². The van der Waals surface area contributed by atoms with Crippen molar-refractivity contribution in [2.45, 2.75) is 50.6 Å². The number of hydrogen-bond donors (Lipinski definition) is 0. The third kappa shape index (κ3) is 4.32. The number of aliphatic imine (C=N–C) groups is 2. The Morgan fingerprint density at radius 3 is 1.57 bits per heavy atom. The van der Waals surface area contributed by atoms with Gasteiger partial charge in [-0.1, -0.05) is 73.5 Å². The molecule has 0 N–H and O–H groups in total. The van der Waals surface area contributed by atoms with E-state index in [2.05, 4.69) is 60.7 Å². The summed E-state index contributed by atoms with van der Waals surface area (Å²) in [6.45, 7) is 1.32. The Labute approximate surface area is 188 Å². The van der Waals surface area contributed by atoms with Crippen molar-refractivity contribution in [3.8, 4) is 0 Å². The van der Waals surface area contributed by atoms with Gasteiger partial charge in [0.2, 0.25) is 0 Å². The number of benzene rings is 2. The van der Waals surface area contributed by atoms with Crippen LogP contribution in [-0.4, -0.2) is 37.1 Å². The molecule has 5 rings (SSSR count). The average Bonchev–Trinajstić information content (AvgIpc) is 3.51. The molecule has 0 amide bonds. The van der Waals surface area contributed by atoms with Crippen LogP contribution in [0.3, 0.4) is 0 Å². The van der Waals surface area contributed by atoms with Crippen LogP contribution >= 0.6 is 0 Å². The van der Waals surface area contributed by atoms with Gasteiger partial charge in [0.05, 0.1) is 12.1 Å². The molecule has 1 aliphatic carbocycles. The summed E-state index contributed by atoms with van der Waals surface area (Å²) in [7, 11) is 0. The van der Waals surface area contributed by atoms with Crippen LogP contribution in [0.15, 0.2) is 70.6 Å². The van der Waals surface area contributed by atoms with Gasteiger partial charge in [0.15, 0.2) is 11.8 Å². The summed E-state index contributed by atoms with van der Waals surface area (Å²) in [5.74, 6) is 1.74. The molecule has 0 radical (unpaired) electrons. The van der Waals surface area contributed by atoms with Gasteiger partial charge in [-0.05, 0) is 36.8 Å². The molecule has 2 atom stereocenters. The second-order valence-electron chi connectivity index (χ2n) is 8.47. The minimum Gasteiger partial charge on any atom is -0.478 e. The van der Waals surface area contributed by atoms with Gasteiger partial charge in [-0.3, -0.25) is 0 Å². The molecule has 2 aliphatic heterocycles. The molecule has 0 saturated heterocycles. The first-order chi connectivity index (χ1) is 14.3. The van der Waals surface area contributed by atoms with E-state index in [-0.39, 0.29) is 34.0 Å². The van der Waals surface area contributed by atoms with E-state index in [4.69, 9.17) is 19.5 Å². The molecular weight excluding hydrogens is 419 g/mol. The summed E-state index contributed by atoms with van der Waals surface area (Å²) in [5.41, 5.74) is 2.38. The Kier molecular flexibility index (Phi) is 6.58. The van der Waals surface area contributed by atoms with Crippen LogP contribution in [0.5, 0.6) is 0 Å². The quantitative estimate of drug-likeness (QED) is 0.607. The van der Waals surface area contributed by atoms with E-state index in [0.29, 0.717) is 13.2 Å². The first kappa shape index (κ1) is 21.1. The molecule has 3 aliphatic rings. The van der Waals surface area contributed by atoms with E-state index in [1.165, 1.54) is 24.0 Å². The third-order valence-electron chi connectivity index (χ3n) is 6.33. The molecule has 5 heteroatoms. The zero-order valence-corrected chi connectivity index (χ0v) is 18.1. The van der Waals surface area contributed by atoms with Crippen molar-refractivity contribution >= 4 is 11.8 Å². The summed E-state index contributed by atoms with van der Waals surface area (Å²) in [6, 6.07) is 21.5. The van der Waals surface area contributed by atoms with E-state index < -0.39 is 0 Å². The minimum atomic E-state index is -0.239. The summed E-state index contributed by atoms with van der Waals surface area (Å²) >= 11 is 0. The Morgan fingerprint density at radius 1 is 0.700 bits per heavy atom. The standard InChI is InChI=1S/C25H28N2O2.Ni/c1-3-9-19(10-4-1)15-21-17-28-23(26-21)25(13-7-8-14-25)24-27-22(18-29-24)16-20-11-5-2-6-12-20;/h1-6,9-12,21-22H,7-8,13-18H2;/q;+2. The Hall–Kier alpha value is -2.13. The predicted molar refractivity (Wildman–Crippen MR) is 116 cm³/mol. The first-order valence-corrected chi connectivity index (χ1v) is 10.8. The number of nitrogens with zero attached hydrogens (tertiary/aromatic N) is 2. The maximum atomic E-state index is 6.18. The van der Waals surface area contributed by atoms with E-state index in [1.54, 1.807) is 0 Å². The molecule has 2 heterocycles. The number of ether oxygens (including phenoxy) is 2. The summed E-state index contributed by atoms with van der Waals surface area (Å²) in [6.07, 6.45) is 6.26. The average molecular weight is 447 g/mol. The topological polar surface area (TPSA) is 43.2 Å². The molecule has 2 aromatic rings. The molecule has 2 unspecified atom stereocenters. The summed E-state index contributed by atoms with van der Waals surface area (Å²) in [5, 5.41) is 0. The summed E-state index contributed by atoms with van der Waals surface area (Å²) in [4.78, 5) is 10.0. The van der Waals surface area contributed by atoms with Gasteiger partial charge in [-0.25, -0.2) is 9.98 Å². The fourth-order valence-corrected chi connectivity index (χ4v) is 4.83. The van der Waals surface area contributed by atoms with Gasteiger partial charge in [0.25, 0.3) is 0 Å². The van der Waals surface area contributed by atoms with Crippen molar-refractivity contribution < 1.29 is 26.0 Å². The van der Waals surface area contributed by atoms with E-state index in [1.807, 2.05) is 0 Å². The van der Waals surface area contributed by atoms with Crippen LogP contribution in [0.1, 0.15) is 36.8 Å². The number of rotatable bonds is 6. The fraction of sp³-hybridized carbons (Fsp3) is 0.440. The van der Waals surface area contributed by atoms with Crippen LogP contribution in [0, 0.1) is 5.41 Å². The fourth-order valence-electron chi connectivity index (χ4n) is 4.83. The Bertz CT molecular complexity index is 822. The molecule has 0 aromatic heterocycles. The van der Waals surface area contributed by atoms with Crippen LogP contribution in [0.2, 0.25) is 0 Å². The molecule has 158 valence electrons.